The largest absolute Gasteiger partial charge is 0.358 e. The number of hydrogen-bond acceptors (Lipinski definition) is 4. The Bertz CT molecular complexity index is 346. The molecule has 0 aromatic carbocycles. The van der Waals surface area contributed by atoms with Gasteiger partial charge in [0.1, 0.15) is 11.4 Å². The van der Waals surface area contributed by atoms with Crippen LogP contribution in [0.2, 0.25) is 0 Å². The highest BCUT2D eigenvalue weighted by Crippen LogP contribution is 2.17. The monoisotopic (exact) mass is 235 g/mol. The predicted molar refractivity (Wildman–Crippen MR) is 70.7 cm³/mol. The van der Waals surface area contributed by atoms with Gasteiger partial charge in [-0.1, -0.05) is 0 Å². The zero-order valence-electron chi connectivity index (χ0n) is 10.8. The maximum absolute atomic E-state index is 8.12. The first-order chi connectivity index (χ1) is 7.97. The van der Waals surface area contributed by atoms with Gasteiger partial charge in [0.25, 0.3) is 0 Å². The van der Waals surface area contributed by atoms with Gasteiger partial charge >= 0.3 is 0 Å². The summed E-state index contributed by atoms with van der Waals surface area (Å²) < 4.78 is 0. The van der Waals surface area contributed by atoms with E-state index in [1.807, 2.05) is 13.8 Å². The standard InChI is InChI=1S/C12H21N5/c1-10(8-13)15-9-16-12(2,3)11(14)17-6-4-5-7-17/h8,10,13-14H,4-7H2,1-3H3. The van der Waals surface area contributed by atoms with Gasteiger partial charge in [0.05, 0.1) is 12.1 Å². The Labute approximate surface area is 103 Å². The van der Waals surface area contributed by atoms with Crippen LogP contribution >= 0.6 is 0 Å². The van der Waals surface area contributed by atoms with Crippen molar-refractivity contribution in [3.8, 4) is 0 Å². The molecule has 0 spiro atoms. The van der Waals surface area contributed by atoms with Crippen molar-refractivity contribution in [3.63, 3.8) is 0 Å². The summed E-state index contributed by atoms with van der Waals surface area (Å²) in [6, 6.07) is 2.41. The first kappa shape index (κ1) is 13.6. The number of hydrogen-bond donors (Lipinski definition) is 2. The molecule has 0 radical (unpaired) electrons. The highest BCUT2D eigenvalue weighted by atomic mass is 15.2. The Hall–Kier alpha value is -1.48. The molecule has 0 aromatic heterocycles. The molecule has 5 heteroatoms. The van der Waals surface area contributed by atoms with Crippen LogP contribution < -0.4 is 0 Å². The second-order valence-corrected chi connectivity index (χ2v) is 4.85. The third-order valence-electron chi connectivity index (χ3n) is 2.83. The minimum absolute atomic E-state index is 0.199. The van der Waals surface area contributed by atoms with Crippen LogP contribution in [0, 0.1) is 10.8 Å². The van der Waals surface area contributed by atoms with Crippen molar-refractivity contribution < 1.29 is 0 Å². The second kappa shape index (κ2) is 5.73. The number of nitrogens with zero attached hydrogens (tertiary/aromatic N) is 3. The third kappa shape index (κ3) is 3.79. The fourth-order valence-corrected chi connectivity index (χ4v) is 1.66. The third-order valence-corrected chi connectivity index (χ3v) is 2.83. The molecular weight excluding hydrogens is 214 g/mol. The lowest BCUT2D eigenvalue weighted by molar-refractivity contribution is 0.464. The molecule has 1 aliphatic rings. The van der Waals surface area contributed by atoms with Gasteiger partial charge in [0, 0.05) is 19.3 Å². The Balaban J connectivity index is 2.69. The highest BCUT2D eigenvalue weighted by molar-refractivity contribution is 5.89. The van der Waals surface area contributed by atoms with Crippen molar-refractivity contribution in [3.05, 3.63) is 0 Å². The fourth-order valence-electron chi connectivity index (χ4n) is 1.66. The van der Waals surface area contributed by atoms with Gasteiger partial charge in [-0.3, -0.25) is 5.41 Å². The summed E-state index contributed by atoms with van der Waals surface area (Å²) in [4.78, 5) is 10.2. The van der Waals surface area contributed by atoms with Gasteiger partial charge in [-0.2, -0.15) is 0 Å². The van der Waals surface area contributed by atoms with Crippen LogP contribution in [0.3, 0.4) is 0 Å². The second-order valence-electron chi connectivity index (χ2n) is 4.85. The van der Waals surface area contributed by atoms with Crippen LogP contribution in [0.4, 0.5) is 0 Å². The summed E-state index contributed by atoms with van der Waals surface area (Å²) in [6.07, 6.45) is 3.55. The van der Waals surface area contributed by atoms with Crippen molar-refractivity contribution in [1.82, 2.24) is 4.90 Å². The van der Waals surface area contributed by atoms with E-state index in [0.29, 0.717) is 5.84 Å². The molecule has 5 nitrogen and oxygen atoms in total. The van der Waals surface area contributed by atoms with Gasteiger partial charge in [0.2, 0.25) is 0 Å². The summed E-state index contributed by atoms with van der Waals surface area (Å²) in [6.45, 7) is 7.49. The average Bonchev–Trinajstić information content (AvgIpc) is 2.80. The van der Waals surface area contributed by atoms with E-state index < -0.39 is 5.54 Å². The molecule has 1 aliphatic heterocycles. The average molecular weight is 235 g/mol. The molecule has 2 N–H and O–H groups in total. The first-order valence-electron chi connectivity index (χ1n) is 5.98. The van der Waals surface area contributed by atoms with E-state index in [1.165, 1.54) is 6.21 Å². The Morgan fingerprint density at radius 3 is 2.53 bits per heavy atom. The van der Waals surface area contributed by atoms with Gasteiger partial charge in [0.15, 0.2) is 0 Å². The van der Waals surface area contributed by atoms with Crippen LogP contribution in [-0.4, -0.2) is 47.6 Å². The first-order valence-corrected chi connectivity index (χ1v) is 5.98. The van der Waals surface area contributed by atoms with Crippen LogP contribution in [0.25, 0.3) is 0 Å². The lowest BCUT2D eigenvalue weighted by Gasteiger charge is -2.27. The lowest BCUT2D eigenvalue weighted by atomic mass is 10.0. The number of amidine groups is 1. The number of nitrogens with one attached hydrogen (secondary N) is 2. The highest BCUT2D eigenvalue weighted by Gasteiger charge is 2.29. The maximum Gasteiger partial charge on any atom is 0.125 e. The van der Waals surface area contributed by atoms with Crippen molar-refractivity contribution in [2.45, 2.75) is 45.2 Å². The topological polar surface area (TPSA) is 75.7 Å². The van der Waals surface area contributed by atoms with Crippen molar-refractivity contribution in [2.75, 3.05) is 13.1 Å². The van der Waals surface area contributed by atoms with Crippen molar-refractivity contribution >= 4 is 18.1 Å². The summed E-state index contributed by atoms with van der Waals surface area (Å²) in [5.41, 5.74) is -0.588. The molecule has 1 heterocycles. The Morgan fingerprint density at radius 1 is 1.41 bits per heavy atom. The Kier molecular flexibility index (Phi) is 4.58. The molecule has 0 aromatic rings. The molecule has 1 unspecified atom stereocenters. The van der Waals surface area contributed by atoms with E-state index in [9.17, 15) is 0 Å². The van der Waals surface area contributed by atoms with Crippen LogP contribution in [0.1, 0.15) is 33.6 Å². The molecule has 1 rings (SSSR count). The molecule has 0 bridgehead atoms. The van der Waals surface area contributed by atoms with E-state index in [-0.39, 0.29) is 6.04 Å². The molecule has 0 saturated carbocycles. The maximum atomic E-state index is 8.12. The van der Waals surface area contributed by atoms with Crippen molar-refractivity contribution in [2.24, 2.45) is 9.98 Å². The fraction of sp³-hybridized carbons (Fsp3) is 0.750. The zero-order valence-corrected chi connectivity index (χ0v) is 10.8. The smallest absolute Gasteiger partial charge is 0.125 e. The van der Waals surface area contributed by atoms with Gasteiger partial charge < -0.3 is 10.3 Å². The molecule has 0 amide bonds. The summed E-state index contributed by atoms with van der Waals surface area (Å²) in [7, 11) is 0. The normalized spacial score (nSPS) is 17.2. The molecule has 94 valence electrons. The SMILES string of the molecule is CC(C=N)N=C=NC(C)(C)C(=N)N1CCCC1. The Morgan fingerprint density at radius 2 is 2.00 bits per heavy atom. The van der Waals surface area contributed by atoms with E-state index in [4.69, 9.17) is 10.8 Å². The minimum Gasteiger partial charge on any atom is -0.358 e. The van der Waals surface area contributed by atoms with E-state index >= 15 is 0 Å². The number of aliphatic imine (C=N–C) groups is 2. The van der Waals surface area contributed by atoms with Gasteiger partial charge in [-0.15, -0.1) is 0 Å². The van der Waals surface area contributed by atoms with Crippen molar-refractivity contribution in [1.29, 1.82) is 10.8 Å². The quantitative estimate of drug-likeness (QED) is 0.568. The zero-order chi connectivity index (χ0) is 12.9. The summed E-state index contributed by atoms with van der Waals surface area (Å²) >= 11 is 0. The number of likely N-dealkylation sites (tertiary alicyclic amines) is 1. The molecule has 1 saturated heterocycles. The molecule has 1 atom stereocenters. The molecule has 17 heavy (non-hydrogen) atoms. The van der Waals surface area contributed by atoms with E-state index in [2.05, 4.69) is 20.9 Å². The van der Waals surface area contributed by atoms with Crippen LogP contribution in [-0.2, 0) is 0 Å². The minimum atomic E-state index is -0.588. The van der Waals surface area contributed by atoms with E-state index in [0.717, 1.165) is 25.9 Å². The predicted octanol–water partition coefficient (Wildman–Crippen LogP) is 2.05. The summed E-state index contributed by atoms with van der Waals surface area (Å²) in [5.74, 6) is 0.528. The summed E-state index contributed by atoms with van der Waals surface area (Å²) in [5, 5.41) is 15.1. The van der Waals surface area contributed by atoms with Gasteiger partial charge in [-0.05, 0) is 33.6 Å². The number of rotatable bonds is 4. The van der Waals surface area contributed by atoms with E-state index in [1.54, 1.807) is 6.92 Å². The molecule has 0 aliphatic carbocycles. The molecular formula is C12H21N5. The molecule has 1 fully saturated rings. The van der Waals surface area contributed by atoms with Gasteiger partial charge in [-0.25, -0.2) is 9.98 Å². The van der Waals surface area contributed by atoms with Crippen LogP contribution in [0.5, 0.6) is 0 Å². The lowest BCUT2D eigenvalue weighted by Crippen LogP contribution is -2.42. The van der Waals surface area contributed by atoms with Crippen LogP contribution in [0.15, 0.2) is 9.98 Å².